The van der Waals surface area contributed by atoms with Gasteiger partial charge in [-0.3, -0.25) is 0 Å². The van der Waals surface area contributed by atoms with Crippen molar-refractivity contribution >= 4 is 6.03 Å². The minimum absolute atomic E-state index is 0.000130. The van der Waals surface area contributed by atoms with Crippen LogP contribution >= 0.6 is 0 Å². The zero-order valence-corrected chi connectivity index (χ0v) is 14.4. The van der Waals surface area contributed by atoms with Crippen molar-refractivity contribution in [3.63, 3.8) is 0 Å². The molecule has 2 amide bonds. The smallest absolute Gasteiger partial charge is 0.317 e. The minimum atomic E-state index is -0.0983. The van der Waals surface area contributed by atoms with E-state index < -0.39 is 0 Å². The van der Waals surface area contributed by atoms with E-state index in [1.165, 1.54) is 0 Å². The highest BCUT2D eigenvalue weighted by Crippen LogP contribution is 2.43. The van der Waals surface area contributed by atoms with Gasteiger partial charge in [0.05, 0.1) is 25.4 Å². The van der Waals surface area contributed by atoms with E-state index in [9.17, 15) is 4.79 Å². The second-order valence-electron chi connectivity index (χ2n) is 7.10. The number of amides is 2. The number of carbonyl (C=O) groups is 1. The molecule has 1 N–H and O–H groups in total. The van der Waals surface area contributed by atoms with Gasteiger partial charge in [-0.05, 0) is 19.9 Å². The topological polar surface area (TPSA) is 50.8 Å². The Labute approximate surface area is 142 Å². The van der Waals surface area contributed by atoms with Gasteiger partial charge < -0.3 is 19.7 Å². The Morgan fingerprint density at radius 2 is 1.96 bits per heavy atom. The molecular weight excluding hydrogens is 304 g/mol. The molecule has 0 aliphatic carbocycles. The van der Waals surface area contributed by atoms with Gasteiger partial charge >= 0.3 is 6.03 Å². The van der Waals surface area contributed by atoms with Gasteiger partial charge in [-0.25, -0.2) is 4.79 Å². The first-order chi connectivity index (χ1) is 11.6. The van der Waals surface area contributed by atoms with Crippen molar-refractivity contribution in [2.75, 3.05) is 20.2 Å². The average molecular weight is 328 g/mol. The van der Waals surface area contributed by atoms with Crippen molar-refractivity contribution in [3.05, 3.63) is 41.5 Å². The SMILES string of the molecule is COc1ccc(C)cc1[C@@H](C)NC(=O)N1CC2C3C=CC(O3)C2C1. The van der Waals surface area contributed by atoms with Crippen LogP contribution in [0.5, 0.6) is 5.75 Å². The van der Waals surface area contributed by atoms with E-state index >= 15 is 0 Å². The van der Waals surface area contributed by atoms with E-state index in [0.717, 1.165) is 30.0 Å². The lowest BCUT2D eigenvalue weighted by Gasteiger charge is -2.23. The number of likely N-dealkylation sites (tertiary alicyclic amines) is 1. The average Bonchev–Trinajstić information content (AvgIpc) is 3.27. The summed E-state index contributed by atoms with van der Waals surface area (Å²) in [5.74, 6) is 1.71. The van der Waals surface area contributed by atoms with Gasteiger partial charge in [0.25, 0.3) is 0 Å². The van der Waals surface area contributed by atoms with Crippen molar-refractivity contribution in [1.82, 2.24) is 10.2 Å². The molecule has 4 unspecified atom stereocenters. The fraction of sp³-hybridized carbons (Fsp3) is 0.526. The van der Waals surface area contributed by atoms with Crippen LogP contribution in [-0.4, -0.2) is 43.3 Å². The Hall–Kier alpha value is -2.01. The number of ether oxygens (including phenoxy) is 2. The summed E-state index contributed by atoms with van der Waals surface area (Å²) in [5.41, 5.74) is 2.16. The highest BCUT2D eigenvalue weighted by atomic mass is 16.5. The summed E-state index contributed by atoms with van der Waals surface area (Å²) in [6, 6.07) is 5.94. The number of hydrogen-bond donors (Lipinski definition) is 1. The summed E-state index contributed by atoms with van der Waals surface area (Å²) in [6.07, 6.45) is 4.69. The van der Waals surface area contributed by atoms with Crippen molar-refractivity contribution in [2.45, 2.75) is 32.1 Å². The van der Waals surface area contributed by atoms with Crippen molar-refractivity contribution in [2.24, 2.45) is 11.8 Å². The monoisotopic (exact) mass is 328 g/mol. The summed E-state index contributed by atoms with van der Waals surface area (Å²) in [6.45, 7) is 5.60. The first kappa shape index (κ1) is 15.5. The standard InChI is InChI=1S/C19H24N2O3/c1-11-4-5-16(23-3)13(8-11)12(2)20-19(22)21-9-14-15(10-21)18-7-6-17(14)24-18/h4-8,12,14-15,17-18H,9-10H2,1-3H3,(H,20,22)/t12-,14?,15?,17?,18?/m1/s1. The molecule has 128 valence electrons. The van der Waals surface area contributed by atoms with Crippen LogP contribution < -0.4 is 10.1 Å². The molecule has 3 heterocycles. The van der Waals surface area contributed by atoms with Crippen LogP contribution in [0, 0.1) is 18.8 Å². The number of urea groups is 1. The molecule has 4 rings (SSSR count). The quantitative estimate of drug-likeness (QED) is 0.868. The number of fused-ring (bicyclic) bond motifs is 5. The molecule has 1 aromatic rings. The first-order valence-electron chi connectivity index (χ1n) is 8.60. The third-order valence-electron chi connectivity index (χ3n) is 5.54. The van der Waals surface area contributed by atoms with Crippen LogP contribution in [0.15, 0.2) is 30.4 Å². The maximum Gasteiger partial charge on any atom is 0.317 e. The van der Waals surface area contributed by atoms with E-state index in [1.54, 1.807) is 7.11 Å². The number of nitrogens with one attached hydrogen (secondary N) is 1. The lowest BCUT2D eigenvalue weighted by molar-refractivity contribution is 0.0881. The van der Waals surface area contributed by atoms with Crippen LogP contribution in [0.4, 0.5) is 4.79 Å². The molecule has 0 saturated carbocycles. The molecule has 2 saturated heterocycles. The van der Waals surface area contributed by atoms with E-state index in [1.807, 2.05) is 30.9 Å². The van der Waals surface area contributed by atoms with Gasteiger partial charge in [-0.15, -0.1) is 0 Å². The highest BCUT2D eigenvalue weighted by Gasteiger charge is 2.51. The Morgan fingerprint density at radius 3 is 2.58 bits per heavy atom. The number of methoxy groups -OCH3 is 1. The molecule has 5 heteroatoms. The van der Waals surface area contributed by atoms with Crippen LogP contribution in [0.1, 0.15) is 24.1 Å². The third kappa shape index (κ3) is 2.47. The van der Waals surface area contributed by atoms with Gasteiger partial charge in [0.1, 0.15) is 5.75 Å². The number of hydrogen-bond acceptors (Lipinski definition) is 3. The predicted octanol–water partition coefficient (Wildman–Crippen LogP) is 2.66. The van der Waals surface area contributed by atoms with E-state index in [-0.39, 0.29) is 24.3 Å². The molecule has 3 aliphatic rings. The second kappa shape index (κ2) is 5.81. The van der Waals surface area contributed by atoms with E-state index in [0.29, 0.717) is 11.8 Å². The van der Waals surface area contributed by atoms with Crippen molar-refractivity contribution in [1.29, 1.82) is 0 Å². The zero-order chi connectivity index (χ0) is 16.8. The van der Waals surface area contributed by atoms with Gasteiger partial charge in [0.2, 0.25) is 0 Å². The molecule has 5 nitrogen and oxygen atoms in total. The van der Waals surface area contributed by atoms with Gasteiger partial charge in [0, 0.05) is 30.5 Å². The van der Waals surface area contributed by atoms with Crippen LogP contribution in [0.2, 0.25) is 0 Å². The first-order valence-corrected chi connectivity index (χ1v) is 8.60. The molecule has 2 bridgehead atoms. The molecular formula is C19H24N2O3. The minimum Gasteiger partial charge on any atom is -0.496 e. The number of carbonyl (C=O) groups excluding carboxylic acids is 1. The second-order valence-corrected chi connectivity index (χ2v) is 7.10. The summed E-state index contributed by atoms with van der Waals surface area (Å²) >= 11 is 0. The van der Waals surface area contributed by atoms with Crippen LogP contribution in [0.25, 0.3) is 0 Å². The Kier molecular flexibility index (Phi) is 3.76. The van der Waals surface area contributed by atoms with Crippen molar-refractivity contribution < 1.29 is 14.3 Å². The fourth-order valence-corrected chi connectivity index (χ4v) is 4.24. The summed E-state index contributed by atoms with van der Waals surface area (Å²) in [4.78, 5) is 14.6. The lowest BCUT2D eigenvalue weighted by atomic mass is 9.86. The van der Waals surface area contributed by atoms with Crippen LogP contribution in [0.3, 0.4) is 0 Å². The lowest BCUT2D eigenvalue weighted by Crippen LogP contribution is -2.41. The maximum absolute atomic E-state index is 12.7. The Morgan fingerprint density at radius 1 is 1.29 bits per heavy atom. The largest absolute Gasteiger partial charge is 0.496 e. The highest BCUT2D eigenvalue weighted by molar-refractivity contribution is 5.75. The molecule has 24 heavy (non-hydrogen) atoms. The fourth-order valence-electron chi connectivity index (χ4n) is 4.24. The molecule has 5 atom stereocenters. The molecule has 2 fully saturated rings. The van der Waals surface area contributed by atoms with E-state index in [2.05, 4.69) is 23.5 Å². The van der Waals surface area contributed by atoms with Gasteiger partial charge in [-0.1, -0.05) is 29.8 Å². The zero-order valence-electron chi connectivity index (χ0n) is 14.4. The van der Waals surface area contributed by atoms with Gasteiger partial charge in [0.15, 0.2) is 0 Å². The predicted molar refractivity (Wildman–Crippen MR) is 91.0 cm³/mol. The molecule has 0 spiro atoms. The summed E-state index contributed by atoms with van der Waals surface area (Å²) in [7, 11) is 1.66. The molecule has 0 aromatic heterocycles. The number of benzene rings is 1. The Balaban J connectivity index is 1.43. The molecule has 3 aliphatic heterocycles. The number of rotatable bonds is 3. The molecule has 1 aromatic carbocycles. The van der Waals surface area contributed by atoms with E-state index in [4.69, 9.17) is 9.47 Å². The normalized spacial score (nSPS) is 31.2. The van der Waals surface area contributed by atoms with Crippen molar-refractivity contribution in [3.8, 4) is 5.75 Å². The summed E-state index contributed by atoms with van der Waals surface area (Å²) in [5, 5.41) is 3.13. The molecule has 0 radical (unpaired) electrons. The van der Waals surface area contributed by atoms with Gasteiger partial charge in [-0.2, -0.15) is 0 Å². The number of nitrogens with zero attached hydrogens (tertiary/aromatic N) is 1. The Bertz CT molecular complexity index is 667. The van der Waals surface area contributed by atoms with Crippen LogP contribution in [-0.2, 0) is 4.74 Å². The summed E-state index contributed by atoms with van der Waals surface area (Å²) < 4.78 is 11.3. The maximum atomic E-state index is 12.7. The third-order valence-corrected chi connectivity index (χ3v) is 5.54. The number of aryl methyl sites for hydroxylation is 1.